The molecule has 1 N–H and O–H groups in total. The molecular formula is C12H14N2OS2. The van der Waals surface area contributed by atoms with Crippen molar-refractivity contribution in [2.24, 2.45) is 0 Å². The smallest absolute Gasteiger partial charge is 0.181 e. The molecule has 3 nitrogen and oxygen atoms in total. The number of fused-ring (bicyclic) bond motifs is 1. The Morgan fingerprint density at radius 3 is 3.12 bits per heavy atom. The Bertz CT molecular complexity index is 513. The maximum atomic E-state index is 12.2. The van der Waals surface area contributed by atoms with Gasteiger partial charge in [0.2, 0.25) is 0 Å². The lowest BCUT2D eigenvalue weighted by molar-refractivity contribution is 0.643. The third-order valence-electron chi connectivity index (χ3n) is 2.98. The molecule has 1 fully saturated rings. The number of hydrogen-bond donors (Lipinski definition) is 1. The molecule has 2 aromatic rings. The van der Waals surface area contributed by atoms with Crippen LogP contribution < -0.4 is 5.32 Å². The Hall–Kier alpha value is -0.780. The molecule has 2 heterocycles. The van der Waals surface area contributed by atoms with E-state index in [1.165, 1.54) is 6.42 Å². The van der Waals surface area contributed by atoms with Crippen LogP contribution in [0.1, 0.15) is 12.8 Å². The number of thiazole rings is 1. The van der Waals surface area contributed by atoms with Crippen LogP contribution in [0.4, 0.5) is 0 Å². The van der Waals surface area contributed by atoms with Crippen molar-refractivity contribution in [3.63, 3.8) is 0 Å². The van der Waals surface area contributed by atoms with E-state index in [4.69, 9.17) is 0 Å². The van der Waals surface area contributed by atoms with Crippen molar-refractivity contribution in [2.75, 3.05) is 12.3 Å². The fourth-order valence-corrected chi connectivity index (χ4v) is 4.64. The second-order valence-corrected chi connectivity index (χ2v) is 6.95. The van der Waals surface area contributed by atoms with Gasteiger partial charge < -0.3 is 5.32 Å². The zero-order valence-corrected chi connectivity index (χ0v) is 11.0. The van der Waals surface area contributed by atoms with Crippen LogP contribution in [0, 0.1) is 0 Å². The van der Waals surface area contributed by atoms with Crippen molar-refractivity contribution in [1.29, 1.82) is 0 Å². The predicted octanol–water partition coefficient (Wildman–Crippen LogP) is 2.16. The molecule has 2 atom stereocenters. The van der Waals surface area contributed by atoms with E-state index < -0.39 is 10.8 Å². The van der Waals surface area contributed by atoms with Gasteiger partial charge in [-0.3, -0.25) is 4.21 Å². The highest BCUT2D eigenvalue weighted by Gasteiger charge is 2.19. The average Bonchev–Trinajstić information content (AvgIpc) is 2.96. The average molecular weight is 266 g/mol. The SMILES string of the molecule is O=[S@](C[C@@H]1CCCN1)c1nc2ccccc2s1. The molecule has 0 aliphatic carbocycles. The van der Waals surface area contributed by atoms with E-state index in [1.54, 1.807) is 11.3 Å². The number of para-hydroxylation sites is 1. The third-order valence-corrected chi connectivity index (χ3v) is 5.81. The van der Waals surface area contributed by atoms with Crippen LogP contribution in [-0.4, -0.2) is 27.5 Å². The maximum absolute atomic E-state index is 12.2. The Balaban J connectivity index is 1.80. The number of nitrogens with one attached hydrogen (secondary N) is 1. The third kappa shape index (κ3) is 2.41. The van der Waals surface area contributed by atoms with E-state index >= 15 is 0 Å². The number of hydrogen-bond acceptors (Lipinski definition) is 4. The van der Waals surface area contributed by atoms with Gasteiger partial charge in [-0.05, 0) is 31.5 Å². The lowest BCUT2D eigenvalue weighted by Crippen LogP contribution is -2.27. The van der Waals surface area contributed by atoms with Gasteiger partial charge in [-0.2, -0.15) is 0 Å². The van der Waals surface area contributed by atoms with E-state index in [9.17, 15) is 4.21 Å². The summed E-state index contributed by atoms with van der Waals surface area (Å²) in [4.78, 5) is 4.45. The maximum Gasteiger partial charge on any atom is 0.181 e. The van der Waals surface area contributed by atoms with E-state index in [2.05, 4.69) is 10.3 Å². The molecule has 1 aliphatic rings. The van der Waals surface area contributed by atoms with Gasteiger partial charge in [0.25, 0.3) is 0 Å². The number of nitrogens with zero attached hydrogens (tertiary/aromatic N) is 1. The molecule has 3 rings (SSSR count). The lowest BCUT2D eigenvalue weighted by Gasteiger charge is -2.07. The highest BCUT2D eigenvalue weighted by molar-refractivity contribution is 7.87. The summed E-state index contributed by atoms with van der Waals surface area (Å²) in [5.74, 6) is 0.694. The summed E-state index contributed by atoms with van der Waals surface area (Å²) >= 11 is 1.55. The molecule has 1 aromatic carbocycles. The summed E-state index contributed by atoms with van der Waals surface area (Å²) in [5.41, 5.74) is 0.959. The molecule has 17 heavy (non-hydrogen) atoms. The van der Waals surface area contributed by atoms with Crippen LogP contribution in [0.25, 0.3) is 10.2 Å². The van der Waals surface area contributed by atoms with Crippen LogP contribution in [0.3, 0.4) is 0 Å². The molecule has 0 saturated carbocycles. The zero-order valence-electron chi connectivity index (χ0n) is 9.39. The molecule has 90 valence electrons. The molecule has 0 amide bonds. The minimum atomic E-state index is -0.961. The molecule has 0 unspecified atom stereocenters. The fourth-order valence-electron chi connectivity index (χ4n) is 2.10. The van der Waals surface area contributed by atoms with Crippen molar-refractivity contribution in [2.45, 2.75) is 23.2 Å². The Kier molecular flexibility index (Phi) is 3.22. The fraction of sp³-hybridized carbons (Fsp3) is 0.417. The summed E-state index contributed by atoms with van der Waals surface area (Å²) in [6, 6.07) is 8.36. The van der Waals surface area contributed by atoms with Gasteiger partial charge in [-0.15, -0.1) is 11.3 Å². The molecule has 0 radical (unpaired) electrons. The van der Waals surface area contributed by atoms with Gasteiger partial charge in [0.05, 0.1) is 21.0 Å². The molecule has 0 spiro atoms. The quantitative estimate of drug-likeness (QED) is 0.925. The van der Waals surface area contributed by atoms with Gasteiger partial charge in [0.15, 0.2) is 4.34 Å². The normalized spacial score (nSPS) is 22.0. The molecule has 1 aromatic heterocycles. The van der Waals surface area contributed by atoms with Crippen LogP contribution in [0.5, 0.6) is 0 Å². The van der Waals surface area contributed by atoms with Gasteiger partial charge in [0, 0.05) is 11.8 Å². The summed E-state index contributed by atoms with van der Waals surface area (Å²) in [6.07, 6.45) is 2.33. The van der Waals surface area contributed by atoms with Crippen molar-refractivity contribution in [1.82, 2.24) is 10.3 Å². The van der Waals surface area contributed by atoms with Crippen LogP contribution in [0.2, 0.25) is 0 Å². The first kappa shape index (κ1) is 11.3. The summed E-state index contributed by atoms with van der Waals surface area (Å²) in [5, 5.41) is 3.37. The zero-order chi connectivity index (χ0) is 11.7. The molecular weight excluding hydrogens is 252 g/mol. The van der Waals surface area contributed by atoms with Gasteiger partial charge in [-0.25, -0.2) is 4.98 Å². The first-order valence-electron chi connectivity index (χ1n) is 5.80. The predicted molar refractivity (Wildman–Crippen MR) is 71.9 cm³/mol. The van der Waals surface area contributed by atoms with Gasteiger partial charge >= 0.3 is 0 Å². The lowest BCUT2D eigenvalue weighted by atomic mass is 10.3. The Labute approximate surface area is 107 Å². The number of rotatable bonds is 3. The van der Waals surface area contributed by atoms with Crippen molar-refractivity contribution >= 4 is 32.4 Å². The standard InChI is InChI=1S/C12H14N2OS2/c15-17(8-9-4-3-7-13-9)12-14-10-5-1-2-6-11(10)16-12/h1-2,5-6,9,13H,3-4,7-8H2/t9-,17+/m0/s1. The van der Waals surface area contributed by atoms with Crippen molar-refractivity contribution < 1.29 is 4.21 Å². The van der Waals surface area contributed by atoms with E-state index in [1.807, 2.05) is 24.3 Å². The number of aromatic nitrogens is 1. The van der Waals surface area contributed by atoms with Crippen molar-refractivity contribution in [3.8, 4) is 0 Å². The Morgan fingerprint density at radius 2 is 2.35 bits per heavy atom. The first-order valence-corrected chi connectivity index (χ1v) is 7.94. The number of benzene rings is 1. The Morgan fingerprint density at radius 1 is 1.47 bits per heavy atom. The summed E-state index contributed by atoms with van der Waals surface area (Å²) < 4.78 is 14.1. The monoisotopic (exact) mass is 266 g/mol. The van der Waals surface area contributed by atoms with Gasteiger partial charge in [-0.1, -0.05) is 12.1 Å². The molecule has 1 saturated heterocycles. The minimum Gasteiger partial charge on any atom is -0.313 e. The molecule has 0 bridgehead atoms. The topological polar surface area (TPSA) is 42.0 Å². The van der Waals surface area contributed by atoms with E-state index in [0.717, 1.165) is 27.5 Å². The molecule has 5 heteroatoms. The van der Waals surface area contributed by atoms with E-state index in [-0.39, 0.29) is 0 Å². The minimum absolute atomic E-state index is 0.405. The van der Waals surface area contributed by atoms with Crippen molar-refractivity contribution in [3.05, 3.63) is 24.3 Å². The second kappa shape index (κ2) is 4.84. The highest BCUT2D eigenvalue weighted by atomic mass is 32.2. The molecule has 1 aliphatic heterocycles. The van der Waals surface area contributed by atoms with Crippen LogP contribution >= 0.6 is 11.3 Å². The van der Waals surface area contributed by atoms with Crippen LogP contribution in [0.15, 0.2) is 28.6 Å². The largest absolute Gasteiger partial charge is 0.313 e. The van der Waals surface area contributed by atoms with E-state index in [0.29, 0.717) is 11.8 Å². The first-order chi connectivity index (χ1) is 8.33. The van der Waals surface area contributed by atoms with Gasteiger partial charge in [0.1, 0.15) is 0 Å². The second-order valence-electron chi connectivity index (χ2n) is 4.25. The highest BCUT2D eigenvalue weighted by Crippen LogP contribution is 2.24. The summed E-state index contributed by atoms with van der Waals surface area (Å²) in [7, 11) is -0.961. The van der Waals surface area contributed by atoms with Crippen LogP contribution in [-0.2, 0) is 10.8 Å². The summed E-state index contributed by atoms with van der Waals surface area (Å²) in [6.45, 7) is 1.06.